The second-order valence-corrected chi connectivity index (χ2v) is 6.58. The summed E-state index contributed by atoms with van der Waals surface area (Å²) in [4.78, 5) is 48.9. The maximum atomic E-state index is 12.5. The molecule has 0 spiro atoms. The van der Waals surface area contributed by atoms with E-state index in [0.717, 1.165) is 0 Å². The Balaban J connectivity index is 2.07. The number of anilines is 1. The number of ether oxygens (including phenoxy) is 1. The summed E-state index contributed by atoms with van der Waals surface area (Å²) < 4.78 is 4.48. The molecule has 0 saturated heterocycles. The van der Waals surface area contributed by atoms with Crippen molar-refractivity contribution in [2.45, 2.75) is 32.7 Å². The third-order valence-corrected chi connectivity index (χ3v) is 3.66. The predicted molar refractivity (Wildman–Crippen MR) is 90.3 cm³/mol. The molecule has 8 heteroatoms. The molecule has 2 N–H and O–H groups in total. The monoisotopic (exact) mass is 347 g/mol. The minimum atomic E-state index is -0.633. The average molecular weight is 347 g/mol. The van der Waals surface area contributed by atoms with Gasteiger partial charge in [0.15, 0.2) is 0 Å². The first-order valence-electron chi connectivity index (χ1n) is 7.79. The first-order chi connectivity index (χ1) is 11.6. The van der Waals surface area contributed by atoms with Crippen molar-refractivity contribution in [3.63, 3.8) is 0 Å². The van der Waals surface area contributed by atoms with E-state index in [1.165, 1.54) is 24.1 Å². The van der Waals surface area contributed by atoms with E-state index in [2.05, 4.69) is 15.4 Å². The van der Waals surface area contributed by atoms with Crippen LogP contribution >= 0.6 is 0 Å². The number of hydrogen-bond donors (Lipinski definition) is 2. The lowest BCUT2D eigenvalue weighted by Gasteiger charge is -2.29. The van der Waals surface area contributed by atoms with Gasteiger partial charge in [-0.2, -0.15) is 0 Å². The van der Waals surface area contributed by atoms with Gasteiger partial charge in [-0.05, 0) is 39.0 Å². The van der Waals surface area contributed by atoms with Gasteiger partial charge in [0.05, 0.1) is 24.7 Å². The molecule has 0 atom stereocenters. The minimum Gasteiger partial charge on any atom is -0.469 e. The summed E-state index contributed by atoms with van der Waals surface area (Å²) in [6.07, 6.45) is 0.0572. The number of imide groups is 1. The molecule has 4 amide bonds. The molecule has 0 unspecified atom stereocenters. The number of carbonyl (C=O) groups is 4. The first-order valence-corrected chi connectivity index (χ1v) is 7.79. The molecular weight excluding hydrogens is 326 g/mol. The van der Waals surface area contributed by atoms with Gasteiger partial charge >= 0.3 is 12.0 Å². The SMILES string of the molecule is COC(=O)CCNC(=O)Nc1ccc2c(c1)C(=O)N(C(C)(C)C)C2=O. The van der Waals surface area contributed by atoms with Gasteiger partial charge in [-0.1, -0.05) is 0 Å². The van der Waals surface area contributed by atoms with Gasteiger partial charge in [0.1, 0.15) is 0 Å². The lowest BCUT2D eigenvalue weighted by Crippen LogP contribution is -2.45. The van der Waals surface area contributed by atoms with Crippen molar-refractivity contribution in [3.05, 3.63) is 29.3 Å². The number of esters is 1. The van der Waals surface area contributed by atoms with Crippen molar-refractivity contribution < 1.29 is 23.9 Å². The maximum Gasteiger partial charge on any atom is 0.319 e. The molecule has 0 radical (unpaired) electrons. The number of hydrogen-bond acceptors (Lipinski definition) is 5. The van der Waals surface area contributed by atoms with Crippen LogP contribution in [0.4, 0.5) is 10.5 Å². The highest BCUT2D eigenvalue weighted by Crippen LogP contribution is 2.30. The van der Waals surface area contributed by atoms with Crippen LogP contribution in [-0.4, -0.2) is 47.9 Å². The zero-order valence-corrected chi connectivity index (χ0v) is 14.6. The Morgan fingerprint density at radius 3 is 2.36 bits per heavy atom. The van der Waals surface area contributed by atoms with E-state index in [-0.39, 0.29) is 30.3 Å². The summed E-state index contributed by atoms with van der Waals surface area (Å²) in [5, 5.41) is 5.07. The number of carbonyl (C=O) groups excluding carboxylic acids is 4. The Bertz CT molecular complexity index is 736. The van der Waals surface area contributed by atoms with Crippen molar-refractivity contribution in [2.75, 3.05) is 19.0 Å². The Hall–Kier alpha value is -2.90. The molecular formula is C17H21N3O5. The molecule has 0 fully saturated rings. The van der Waals surface area contributed by atoms with Crippen LogP contribution in [0.3, 0.4) is 0 Å². The third-order valence-electron chi connectivity index (χ3n) is 3.66. The van der Waals surface area contributed by atoms with Crippen LogP contribution in [0.15, 0.2) is 18.2 Å². The van der Waals surface area contributed by atoms with Gasteiger partial charge in [-0.15, -0.1) is 0 Å². The van der Waals surface area contributed by atoms with E-state index in [0.29, 0.717) is 11.3 Å². The van der Waals surface area contributed by atoms with Gasteiger partial charge < -0.3 is 15.4 Å². The fraction of sp³-hybridized carbons (Fsp3) is 0.412. The van der Waals surface area contributed by atoms with Gasteiger partial charge in [-0.3, -0.25) is 19.3 Å². The van der Waals surface area contributed by atoms with Crippen LogP contribution in [0.25, 0.3) is 0 Å². The van der Waals surface area contributed by atoms with Gasteiger partial charge in [0.2, 0.25) is 0 Å². The summed E-state index contributed by atoms with van der Waals surface area (Å²) in [7, 11) is 1.27. The van der Waals surface area contributed by atoms with Crippen molar-refractivity contribution >= 4 is 29.5 Å². The van der Waals surface area contributed by atoms with Gasteiger partial charge in [0.25, 0.3) is 11.8 Å². The highest BCUT2D eigenvalue weighted by atomic mass is 16.5. The topological polar surface area (TPSA) is 105 Å². The maximum absolute atomic E-state index is 12.5. The quantitative estimate of drug-likeness (QED) is 0.638. The molecule has 1 aliphatic heterocycles. The van der Waals surface area contributed by atoms with E-state index < -0.39 is 17.5 Å². The van der Waals surface area contributed by atoms with Crippen LogP contribution in [0.2, 0.25) is 0 Å². The lowest BCUT2D eigenvalue weighted by molar-refractivity contribution is -0.140. The number of nitrogens with zero attached hydrogens (tertiary/aromatic N) is 1. The van der Waals surface area contributed by atoms with Gasteiger partial charge in [-0.25, -0.2) is 4.79 Å². The third kappa shape index (κ3) is 3.96. The molecule has 2 rings (SSSR count). The van der Waals surface area contributed by atoms with Crippen LogP contribution in [0.5, 0.6) is 0 Å². The highest BCUT2D eigenvalue weighted by Gasteiger charge is 2.41. The summed E-state index contributed by atoms with van der Waals surface area (Å²) in [6.45, 7) is 5.46. The molecule has 1 heterocycles. The molecule has 8 nitrogen and oxygen atoms in total. The molecule has 0 aromatic heterocycles. The van der Waals surface area contributed by atoms with E-state index >= 15 is 0 Å². The Morgan fingerprint density at radius 2 is 1.76 bits per heavy atom. The normalized spacial score (nSPS) is 13.5. The lowest BCUT2D eigenvalue weighted by atomic mass is 10.1. The molecule has 0 bridgehead atoms. The summed E-state index contributed by atoms with van der Waals surface area (Å²) in [5.41, 5.74) is 0.321. The number of rotatable bonds is 4. The number of nitrogens with one attached hydrogen (secondary N) is 2. The van der Waals surface area contributed by atoms with Crippen LogP contribution in [-0.2, 0) is 9.53 Å². The average Bonchev–Trinajstić information content (AvgIpc) is 2.77. The smallest absolute Gasteiger partial charge is 0.319 e. The Morgan fingerprint density at radius 1 is 1.12 bits per heavy atom. The van der Waals surface area contributed by atoms with E-state index in [4.69, 9.17) is 0 Å². The zero-order valence-electron chi connectivity index (χ0n) is 14.6. The molecule has 1 aromatic rings. The van der Waals surface area contributed by atoms with E-state index in [1.807, 2.05) is 0 Å². The second kappa shape index (κ2) is 6.92. The Labute approximate surface area is 145 Å². The van der Waals surface area contributed by atoms with Crippen LogP contribution < -0.4 is 10.6 Å². The largest absolute Gasteiger partial charge is 0.469 e. The molecule has 25 heavy (non-hydrogen) atoms. The van der Waals surface area contributed by atoms with E-state index in [9.17, 15) is 19.2 Å². The number of benzene rings is 1. The molecule has 1 aliphatic rings. The fourth-order valence-electron chi connectivity index (χ4n) is 2.48. The number of methoxy groups -OCH3 is 1. The number of urea groups is 1. The number of amides is 4. The van der Waals surface area contributed by atoms with Crippen molar-refractivity contribution in [1.29, 1.82) is 0 Å². The minimum absolute atomic E-state index is 0.0572. The highest BCUT2D eigenvalue weighted by molar-refractivity contribution is 6.22. The summed E-state index contributed by atoms with van der Waals surface area (Å²) >= 11 is 0. The van der Waals surface area contributed by atoms with Crippen molar-refractivity contribution in [2.24, 2.45) is 0 Å². The van der Waals surface area contributed by atoms with Crippen LogP contribution in [0, 0.1) is 0 Å². The number of fused-ring (bicyclic) bond motifs is 1. The van der Waals surface area contributed by atoms with Crippen LogP contribution in [0.1, 0.15) is 47.9 Å². The standard InChI is InChI=1S/C17H21N3O5/c1-17(2,3)20-14(22)11-6-5-10(9-12(11)15(20)23)19-16(24)18-8-7-13(21)25-4/h5-6,9H,7-8H2,1-4H3,(H2,18,19,24). The second-order valence-electron chi connectivity index (χ2n) is 6.58. The molecule has 0 saturated carbocycles. The first kappa shape index (κ1) is 18.4. The van der Waals surface area contributed by atoms with E-state index in [1.54, 1.807) is 26.8 Å². The molecule has 0 aliphatic carbocycles. The molecule has 134 valence electrons. The van der Waals surface area contributed by atoms with Crippen molar-refractivity contribution in [3.8, 4) is 0 Å². The summed E-state index contributed by atoms with van der Waals surface area (Å²) in [5.74, 6) is -1.16. The predicted octanol–water partition coefficient (Wildman–Crippen LogP) is 1.77. The fourth-order valence-corrected chi connectivity index (χ4v) is 2.48. The summed E-state index contributed by atoms with van der Waals surface area (Å²) in [6, 6.07) is 4.02. The zero-order chi connectivity index (χ0) is 18.8. The van der Waals surface area contributed by atoms with Crippen molar-refractivity contribution in [1.82, 2.24) is 10.2 Å². The Kier molecular flexibility index (Phi) is 5.10. The van der Waals surface area contributed by atoms with Gasteiger partial charge in [0, 0.05) is 17.8 Å². The molecule has 1 aromatic carbocycles.